The van der Waals surface area contributed by atoms with Crippen LogP contribution in [-0.2, 0) is 6.54 Å². The lowest BCUT2D eigenvalue weighted by Gasteiger charge is -2.31. The first kappa shape index (κ1) is 14.9. The number of nitrogens with one attached hydrogen (secondary N) is 1. The Morgan fingerprint density at radius 2 is 2.18 bits per heavy atom. The highest BCUT2D eigenvalue weighted by atomic mass is 16.5. The summed E-state index contributed by atoms with van der Waals surface area (Å²) in [5.74, 6) is 1.55. The van der Waals surface area contributed by atoms with Gasteiger partial charge in [0.05, 0.1) is 13.2 Å². The number of aromatic amines is 1. The number of hydrogen-bond donors (Lipinski definition) is 1. The van der Waals surface area contributed by atoms with Crippen LogP contribution in [0.3, 0.4) is 0 Å². The Labute approximate surface area is 131 Å². The molecule has 22 heavy (non-hydrogen) atoms. The normalized spacial score (nSPS) is 16.8. The van der Waals surface area contributed by atoms with Crippen LogP contribution in [0.1, 0.15) is 30.4 Å². The van der Waals surface area contributed by atoms with Crippen LogP contribution in [0.15, 0.2) is 18.3 Å². The number of piperidine rings is 1. The summed E-state index contributed by atoms with van der Waals surface area (Å²) in [6.45, 7) is 5.15. The number of ether oxygens (including phenoxy) is 1. The molecule has 2 heterocycles. The van der Waals surface area contributed by atoms with Crippen LogP contribution in [0, 0.1) is 24.2 Å². The number of rotatable bonds is 4. The van der Waals surface area contributed by atoms with E-state index in [4.69, 9.17) is 10.00 Å². The van der Waals surface area contributed by atoms with E-state index in [0.717, 1.165) is 38.2 Å². The van der Waals surface area contributed by atoms with Crippen LogP contribution >= 0.6 is 0 Å². The lowest BCUT2D eigenvalue weighted by atomic mass is 9.93. The minimum Gasteiger partial charge on any atom is -0.496 e. The van der Waals surface area contributed by atoms with Crippen molar-refractivity contribution in [2.24, 2.45) is 5.92 Å². The smallest absolute Gasteiger partial charge is 0.124 e. The number of aromatic nitrogens is 1. The molecule has 0 amide bonds. The number of benzene rings is 1. The van der Waals surface area contributed by atoms with Gasteiger partial charge in [-0.05, 0) is 56.5 Å². The van der Waals surface area contributed by atoms with Gasteiger partial charge in [0.1, 0.15) is 5.75 Å². The maximum absolute atomic E-state index is 8.82. The minimum atomic E-state index is 0.577. The van der Waals surface area contributed by atoms with Gasteiger partial charge in [-0.1, -0.05) is 0 Å². The second-order valence-corrected chi connectivity index (χ2v) is 6.22. The number of aryl methyl sites for hydroxylation is 1. The third-order valence-electron chi connectivity index (χ3n) is 4.80. The van der Waals surface area contributed by atoms with Crippen molar-refractivity contribution in [3.8, 4) is 11.8 Å². The van der Waals surface area contributed by atoms with E-state index in [1.165, 1.54) is 22.0 Å². The van der Waals surface area contributed by atoms with E-state index in [0.29, 0.717) is 12.3 Å². The summed E-state index contributed by atoms with van der Waals surface area (Å²) in [6, 6.07) is 6.57. The number of nitriles is 1. The Morgan fingerprint density at radius 3 is 2.86 bits per heavy atom. The molecule has 0 radical (unpaired) electrons. The summed E-state index contributed by atoms with van der Waals surface area (Å²) in [6.07, 6.45) is 4.94. The molecule has 1 N–H and O–H groups in total. The van der Waals surface area contributed by atoms with E-state index < -0.39 is 0 Å². The molecule has 1 aliphatic heterocycles. The van der Waals surface area contributed by atoms with Crippen molar-refractivity contribution in [1.29, 1.82) is 5.26 Å². The molecule has 0 bridgehead atoms. The van der Waals surface area contributed by atoms with Crippen LogP contribution in [-0.4, -0.2) is 30.1 Å². The van der Waals surface area contributed by atoms with Gasteiger partial charge < -0.3 is 9.72 Å². The highest BCUT2D eigenvalue weighted by Gasteiger charge is 2.21. The number of H-pyrrole nitrogens is 1. The summed E-state index contributed by atoms with van der Waals surface area (Å²) in [5.41, 5.74) is 3.69. The Balaban J connectivity index is 1.81. The monoisotopic (exact) mass is 297 g/mol. The Kier molecular flexibility index (Phi) is 4.35. The molecule has 0 spiro atoms. The van der Waals surface area contributed by atoms with Crippen molar-refractivity contribution in [2.45, 2.75) is 32.7 Å². The average molecular weight is 297 g/mol. The molecular weight excluding hydrogens is 274 g/mol. The fraction of sp³-hybridized carbons (Fsp3) is 0.500. The molecule has 3 rings (SSSR count). The van der Waals surface area contributed by atoms with Gasteiger partial charge >= 0.3 is 0 Å². The zero-order valence-corrected chi connectivity index (χ0v) is 13.4. The van der Waals surface area contributed by atoms with E-state index in [2.05, 4.69) is 35.0 Å². The first-order chi connectivity index (χ1) is 10.7. The molecule has 1 aliphatic rings. The molecule has 1 saturated heterocycles. The predicted octanol–water partition coefficient (Wildman–Crippen LogP) is 3.61. The van der Waals surface area contributed by atoms with Gasteiger partial charge in [-0.15, -0.1) is 0 Å². The Morgan fingerprint density at radius 1 is 1.41 bits per heavy atom. The molecule has 1 aromatic heterocycles. The van der Waals surface area contributed by atoms with Gasteiger partial charge in [0, 0.05) is 35.6 Å². The van der Waals surface area contributed by atoms with Crippen molar-refractivity contribution < 1.29 is 4.74 Å². The SMILES string of the molecule is COc1cc(C)c2[nH]ccc2c1CN1CCC(CC#N)CC1. The number of hydrogen-bond acceptors (Lipinski definition) is 3. The first-order valence-corrected chi connectivity index (χ1v) is 7.95. The van der Waals surface area contributed by atoms with Crippen molar-refractivity contribution in [3.05, 3.63) is 29.5 Å². The van der Waals surface area contributed by atoms with Crippen molar-refractivity contribution in [2.75, 3.05) is 20.2 Å². The van der Waals surface area contributed by atoms with Crippen LogP contribution < -0.4 is 4.74 Å². The van der Waals surface area contributed by atoms with Crippen molar-refractivity contribution in [3.63, 3.8) is 0 Å². The molecule has 1 aromatic carbocycles. The quantitative estimate of drug-likeness (QED) is 0.938. The number of fused-ring (bicyclic) bond motifs is 1. The topological polar surface area (TPSA) is 52.0 Å². The maximum Gasteiger partial charge on any atom is 0.124 e. The molecule has 2 aromatic rings. The fourth-order valence-corrected chi connectivity index (χ4v) is 3.48. The molecule has 116 valence electrons. The molecule has 0 atom stereocenters. The lowest BCUT2D eigenvalue weighted by molar-refractivity contribution is 0.178. The number of methoxy groups -OCH3 is 1. The van der Waals surface area contributed by atoms with Gasteiger partial charge in [0.15, 0.2) is 0 Å². The summed E-state index contributed by atoms with van der Waals surface area (Å²) in [4.78, 5) is 5.81. The van der Waals surface area contributed by atoms with E-state index in [9.17, 15) is 0 Å². The van der Waals surface area contributed by atoms with Gasteiger partial charge in [-0.2, -0.15) is 5.26 Å². The third-order valence-corrected chi connectivity index (χ3v) is 4.80. The molecular formula is C18H23N3O. The molecule has 4 nitrogen and oxygen atoms in total. The second-order valence-electron chi connectivity index (χ2n) is 6.22. The largest absolute Gasteiger partial charge is 0.496 e. The summed E-state index contributed by atoms with van der Waals surface area (Å²) in [5, 5.41) is 10.1. The highest BCUT2D eigenvalue weighted by Crippen LogP contribution is 2.32. The van der Waals surface area contributed by atoms with Crippen molar-refractivity contribution >= 4 is 10.9 Å². The predicted molar refractivity (Wildman–Crippen MR) is 87.8 cm³/mol. The summed E-state index contributed by atoms with van der Waals surface area (Å²) < 4.78 is 5.62. The molecule has 0 saturated carbocycles. The standard InChI is InChI=1S/C18H23N3O/c1-13-11-17(22-2)16(15-4-8-20-18(13)15)12-21-9-5-14(3-7-19)6-10-21/h4,8,11,14,20H,3,5-6,9-10,12H2,1-2H3. The average Bonchev–Trinajstić information content (AvgIpc) is 3.02. The number of nitrogens with zero attached hydrogens (tertiary/aromatic N) is 2. The Hall–Kier alpha value is -1.99. The summed E-state index contributed by atoms with van der Waals surface area (Å²) in [7, 11) is 1.75. The second kappa shape index (κ2) is 6.41. The molecule has 4 heteroatoms. The minimum absolute atomic E-state index is 0.577. The van der Waals surface area contributed by atoms with Gasteiger partial charge in [0.25, 0.3) is 0 Å². The molecule has 0 aliphatic carbocycles. The van der Waals surface area contributed by atoms with Gasteiger partial charge in [-0.3, -0.25) is 4.90 Å². The zero-order chi connectivity index (χ0) is 15.5. The van der Waals surface area contributed by atoms with Crippen LogP contribution in [0.2, 0.25) is 0 Å². The van der Waals surface area contributed by atoms with Crippen LogP contribution in [0.5, 0.6) is 5.75 Å². The van der Waals surface area contributed by atoms with Gasteiger partial charge in [0.2, 0.25) is 0 Å². The van der Waals surface area contributed by atoms with E-state index in [1.54, 1.807) is 7.11 Å². The lowest BCUT2D eigenvalue weighted by Crippen LogP contribution is -2.33. The Bertz CT molecular complexity index is 690. The maximum atomic E-state index is 8.82. The highest BCUT2D eigenvalue weighted by molar-refractivity contribution is 5.88. The summed E-state index contributed by atoms with van der Waals surface area (Å²) >= 11 is 0. The van der Waals surface area contributed by atoms with Crippen LogP contribution in [0.4, 0.5) is 0 Å². The first-order valence-electron chi connectivity index (χ1n) is 7.95. The molecule has 0 unspecified atom stereocenters. The van der Waals surface area contributed by atoms with E-state index in [-0.39, 0.29) is 0 Å². The van der Waals surface area contributed by atoms with Gasteiger partial charge in [-0.25, -0.2) is 0 Å². The number of likely N-dealkylation sites (tertiary alicyclic amines) is 1. The van der Waals surface area contributed by atoms with Crippen molar-refractivity contribution in [1.82, 2.24) is 9.88 Å². The van der Waals surface area contributed by atoms with E-state index in [1.807, 2.05) is 6.20 Å². The molecule has 1 fully saturated rings. The van der Waals surface area contributed by atoms with E-state index >= 15 is 0 Å². The third kappa shape index (κ3) is 2.82. The van der Waals surface area contributed by atoms with Crippen LogP contribution in [0.25, 0.3) is 10.9 Å². The zero-order valence-electron chi connectivity index (χ0n) is 13.4. The fourth-order valence-electron chi connectivity index (χ4n) is 3.48.